The van der Waals surface area contributed by atoms with Gasteiger partial charge in [0, 0.05) is 16.6 Å². The highest BCUT2D eigenvalue weighted by Gasteiger charge is 2.20. The van der Waals surface area contributed by atoms with Crippen LogP contribution in [0.5, 0.6) is 0 Å². The number of carbonyl (C=O) groups is 2. The van der Waals surface area contributed by atoms with E-state index in [-0.39, 0.29) is 23.6 Å². The van der Waals surface area contributed by atoms with Crippen molar-refractivity contribution < 1.29 is 9.59 Å². The molecule has 0 aromatic heterocycles. The Morgan fingerprint density at radius 2 is 1.59 bits per heavy atom. The quantitative estimate of drug-likeness (QED) is 0.745. The Hall–Kier alpha value is -2.59. The molecule has 3 rings (SSSR count). The summed E-state index contributed by atoms with van der Waals surface area (Å²) >= 11 is 5.93. The number of carbonyl (C=O) groups excluding carboxylic acids is 2. The van der Waals surface area contributed by atoms with E-state index in [0.717, 1.165) is 31.2 Å². The van der Waals surface area contributed by atoms with Crippen LogP contribution in [0.4, 0.5) is 0 Å². The number of amides is 2. The van der Waals surface area contributed by atoms with Crippen molar-refractivity contribution in [3.63, 3.8) is 0 Å². The highest BCUT2D eigenvalue weighted by molar-refractivity contribution is 6.30. The van der Waals surface area contributed by atoms with Crippen LogP contribution in [0, 0.1) is 0 Å². The van der Waals surface area contributed by atoms with Crippen LogP contribution < -0.4 is 10.6 Å². The summed E-state index contributed by atoms with van der Waals surface area (Å²) in [7, 11) is 0. The number of hydrogen-bond acceptors (Lipinski definition) is 2. The third-order valence-electron chi connectivity index (χ3n) is 4.65. The molecular weight excluding hydrogens is 360 g/mol. The number of hydrogen-bond donors (Lipinski definition) is 2. The summed E-state index contributed by atoms with van der Waals surface area (Å²) in [4.78, 5) is 25.4. The normalized spacial score (nSPS) is 15.2. The minimum Gasteiger partial charge on any atom is -0.348 e. The molecule has 0 heterocycles. The molecule has 5 heteroatoms. The first-order valence-corrected chi connectivity index (χ1v) is 9.64. The molecule has 0 radical (unpaired) electrons. The molecule has 2 N–H and O–H groups in total. The molecule has 0 unspecified atom stereocenters. The Balaban J connectivity index is 1.80. The predicted octanol–water partition coefficient (Wildman–Crippen LogP) is 4.56. The van der Waals surface area contributed by atoms with Crippen LogP contribution in [-0.4, -0.2) is 17.9 Å². The van der Waals surface area contributed by atoms with Crippen LogP contribution in [0.3, 0.4) is 0 Å². The van der Waals surface area contributed by atoms with E-state index in [2.05, 4.69) is 10.6 Å². The monoisotopic (exact) mass is 382 g/mol. The van der Waals surface area contributed by atoms with Gasteiger partial charge in [-0.15, -0.1) is 0 Å². The summed E-state index contributed by atoms with van der Waals surface area (Å²) in [5.41, 5.74) is 1.53. The topological polar surface area (TPSA) is 58.2 Å². The highest BCUT2D eigenvalue weighted by atomic mass is 35.5. The smallest absolute Gasteiger partial charge is 0.268 e. The highest BCUT2D eigenvalue weighted by Crippen LogP contribution is 2.18. The zero-order valence-electron chi connectivity index (χ0n) is 15.1. The SMILES string of the molecule is O=C(NC1CCCCC1)/C(=C\c1ccc(Cl)cc1)NC(=O)c1ccccc1. The van der Waals surface area contributed by atoms with Gasteiger partial charge in [0.25, 0.3) is 11.8 Å². The molecular formula is C22H23ClN2O2. The molecule has 0 aliphatic heterocycles. The summed E-state index contributed by atoms with van der Waals surface area (Å²) < 4.78 is 0. The lowest BCUT2D eigenvalue weighted by Crippen LogP contribution is -2.41. The van der Waals surface area contributed by atoms with Gasteiger partial charge in [-0.1, -0.05) is 61.2 Å². The molecule has 0 saturated heterocycles. The molecule has 1 fully saturated rings. The number of nitrogens with one attached hydrogen (secondary N) is 2. The molecule has 0 bridgehead atoms. The Morgan fingerprint density at radius 3 is 2.26 bits per heavy atom. The zero-order chi connectivity index (χ0) is 19.1. The first-order valence-electron chi connectivity index (χ1n) is 9.26. The second-order valence-electron chi connectivity index (χ2n) is 6.74. The standard InChI is InChI=1S/C22H23ClN2O2/c23-18-13-11-16(12-14-18)15-20(22(27)24-19-9-5-2-6-10-19)25-21(26)17-7-3-1-4-8-17/h1,3-4,7-8,11-15,19H,2,5-6,9-10H2,(H,24,27)(H,25,26)/b20-15+. The Bertz CT molecular complexity index is 810. The molecule has 1 saturated carbocycles. The van der Waals surface area contributed by atoms with E-state index in [4.69, 9.17) is 11.6 Å². The molecule has 4 nitrogen and oxygen atoms in total. The van der Waals surface area contributed by atoms with Crippen molar-refractivity contribution in [2.24, 2.45) is 0 Å². The Labute approximate surface area is 164 Å². The average Bonchev–Trinajstić information content (AvgIpc) is 2.70. The third-order valence-corrected chi connectivity index (χ3v) is 4.90. The van der Waals surface area contributed by atoms with Crippen molar-refractivity contribution in [3.05, 3.63) is 76.4 Å². The summed E-state index contributed by atoms with van der Waals surface area (Å²) in [5, 5.41) is 6.44. The van der Waals surface area contributed by atoms with Crippen molar-refractivity contribution in [2.75, 3.05) is 0 Å². The first-order chi connectivity index (χ1) is 13.1. The maximum atomic E-state index is 12.8. The maximum absolute atomic E-state index is 12.8. The van der Waals surface area contributed by atoms with Gasteiger partial charge in [0.2, 0.25) is 0 Å². The van der Waals surface area contributed by atoms with E-state index in [1.807, 2.05) is 18.2 Å². The second-order valence-corrected chi connectivity index (χ2v) is 7.17. The van der Waals surface area contributed by atoms with E-state index in [1.165, 1.54) is 6.42 Å². The van der Waals surface area contributed by atoms with Gasteiger partial charge >= 0.3 is 0 Å². The van der Waals surface area contributed by atoms with Gasteiger partial charge in [0.05, 0.1) is 0 Å². The molecule has 2 amide bonds. The fraction of sp³-hybridized carbons (Fsp3) is 0.273. The minimum absolute atomic E-state index is 0.161. The van der Waals surface area contributed by atoms with Crippen molar-refractivity contribution in [1.29, 1.82) is 0 Å². The molecule has 140 valence electrons. The van der Waals surface area contributed by atoms with Crippen LogP contribution >= 0.6 is 11.6 Å². The lowest BCUT2D eigenvalue weighted by Gasteiger charge is -2.23. The van der Waals surface area contributed by atoms with Crippen LogP contribution in [0.15, 0.2) is 60.3 Å². The molecule has 27 heavy (non-hydrogen) atoms. The molecule has 1 aliphatic carbocycles. The fourth-order valence-electron chi connectivity index (χ4n) is 3.18. The van der Waals surface area contributed by atoms with Gasteiger partial charge < -0.3 is 10.6 Å². The van der Waals surface area contributed by atoms with Crippen molar-refractivity contribution in [1.82, 2.24) is 10.6 Å². The second kappa shape index (κ2) is 9.38. The van der Waals surface area contributed by atoms with Gasteiger partial charge in [0.15, 0.2) is 0 Å². The molecule has 2 aromatic rings. The summed E-state index contributed by atoms with van der Waals surface area (Å²) in [6.45, 7) is 0. The number of rotatable bonds is 5. The average molecular weight is 383 g/mol. The molecule has 1 aliphatic rings. The molecule has 0 spiro atoms. The Morgan fingerprint density at radius 1 is 0.926 bits per heavy atom. The lowest BCUT2D eigenvalue weighted by atomic mass is 9.95. The first kappa shape index (κ1) is 19.2. The summed E-state index contributed by atoms with van der Waals surface area (Å²) in [5.74, 6) is -0.573. The molecule has 2 aromatic carbocycles. The van der Waals surface area contributed by atoms with E-state index < -0.39 is 0 Å². The Kier molecular flexibility index (Phi) is 6.66. The maximum Gasteiger partial charge on any atom is 0.268 e. The fourth-order valence-corrected chi connectivity index (χ4v) is 3.30. The largest absolute Gasteiger partial charge is 0.348 e. The number of benzene rings is 2. The lowest BCUT2D eigenvalue weighted by molar-refractivity contribution is -0.118. The van der Waals surface area contributed by atoms with E-state index >= 15 is 0 Å². The van der Waals surface area contributed by atoms with Gasteiger partial charge in [-0.2, -0.15) is 0 Å². The van der Waals surface area contributed by atoms with Gasteiger partial charge in [-0.3, -0.25) is 9.59 Å². The van der Waals surface area contributed by atoms with Crippen LogP contribution in [0.1, 0.15) is 48.0 Å². The van der Waals surface area contributed by atoms with E-state index in [1.54, 1.807) is 42.5 Å². The van der Waals surface area contributed by atoms with Crippen molar-refractivity contribution in [3.8, 4) is 0 Å². The van der Waals surface area contributed by atoms with E-state index in [9.17, 15) is 9.59 Å². The summed E-state index contributed by atoms with van der Waals surface area (Å²) in [6.07, 6.45) is 7.09. The van der Waals surface area contributed by atoms with Gasteiger partial charge in [-0.25, -0.2) is 0 Å². The van der Waals surface area contributed by atoms with Crippen molar-refractivity contribution >= 4 is 29.5 Å². The van der Waals surface area contributed by atoms with Crippen molar-refractivity contribution in [2.45, 2.75) is 38.1 Å². The minimum atomic E-state index is -0.311. The van der Waals surface area contributed by atoms with Gasteiger partial charge in [-0.05, 0) is 48.7 Å². The molecule has 0 atom stereocenters. The number of halogens is 1. The van der Waals surface area contributed by atoms with Gasteiger partial charge in [0.1, 0.15) is 5.70 Å². The summed E-state index contributed by atoms with van der Waals surface area (Å²) in [6, 6.07) is 16.1. The van der Waals surface area contributed by atoms with Crippen LogP contribution in [0.25, 0.3) is 6.08 Å². The van der Waals surface area contributed by atoms with Crippen LogP contribution in [-0.2, 0) is 4.79 Å². The zero-order valence-corrected chi connectivity index (χ0v) is 15.8. The third kappa shape index (κ3) is 5.69. The predicted molar refractivity (Wildman–Crippen MR) is 108 cm³/mol. The van der Waals surface area contributed by atoms with Crippen LogP contribution in [0.2, 0.25) is 5.02 Å². The van der Waals surface area contributed by atoms with E-state index in [0.29, 0.717) is 10.6 Å².